The number of thioether (sulfide) groups is 2. The van der Waals surface area contributed by atoms with Gasteiger partial charge in [0.15, 0.2) is 5.75 Å². The van der Waals surface area contributed by atoms with Gasteiger partial charge in [-0.05, 0) is 61.0 Å². The molecule has 0 bridgehead atoms. The van der Waals surface area contributed by atoms with Gasteiger partial charge in [0.25, 0.3) is 0 Å². The molecule has 0 amide bonds. The molecule has 0 radical (unpaired) electrons. The van der Waals surface area contributed by atoms with E-state index >= 15 is 0 Å². The van der Waals surface area contributed by atoms with Crippen molar-refractivity contribution in [2.24, 2.45) is 0 Å². The highest BCUT2D eigenvalue weighted by Gasteiger charge is 2.30. The number of aryl methyl sites for hydroxylation is 1. The van der Waals surface area contributed by atoms with E-state index < -0.39 is 29.3 Å². The van der Waals surface area contributed by atoms with Crippen LogP contribution in [0.2, 0.25) is 0 Å². The number of benzene rings is 3. The molecule has 4 rings (SSSR count). The lowest BCUT2D eigenvalue weighted by atomic mass is 10.1. The van der Waals surface area contributed by atoms with Crippen molar-refractivity contribution in [3.05, 3.63) is 101 Å². The molecule has 39 heavy (non-hydrogen) atoms. The van der Waals surface area contributed by atoms with Crippen LogP contribution >= 0.6 is 23.5 Å². The summed E-state index contributed by atoms with van der Waals surface area (Å²) in [4.78, 5) is 21.7. The molecule has 0 N–H and O–H groups in total. The molecule has 0 atom stereocenters. The van der Waals surface area contributed by atoms with Crippen LogP contribution in [0.1, 0.15) is 29.4 Å². The second-order valence-corrected chi connectivity index (χ2v) is 10.4. The molecule has 4 nitrogen and oxygen atoms in total. The smallest absolute Gasteiger partial charge is 0.416 e. The molecule has 0 aliphatic rings. The molecule has 0 spiro atoms. The molecule has 0 saturated carbocycles. The third kappa shape index (κ3) is 7.57. The molecule has 204 valence electrons. The van der Waals surface area contributed by atoms with Crippen LogP contribution in [-0.4, -0.2) is 5.97 Å². The van der Waals surface area contributed by atoms with Crippen molar-refractivity contribution >= 4 is 29.5 Å². The van der Waals surface area contributed by atoms with E-state index in [1.54, 1.807) is 25.1 Å². The molecule has 11 heteroatoms. The van der Waals surface area contributed by atoms with E-state index in [0.717, 1.165) is 52.0 Å². The molecule has 4 aromatic rings. The largest absolute Gasteiger partial charge is 0.460 e. The summed E-state index contributed by atoms with van der Waals surface area (Å²) in [6.45, 7) is 3.02. The molecule has 0 fully saturated rings. The van der Waals surface area contributed by atoms with Crippen LogP contribution in [0.25, 0.3) is 11.3 Å². The van der Waals surface area contributed by atoms with Crippen LogP contribution in [0.3, 0.4) is 0 Å². The maximum Gasteiger partial charge on any atom is 0.416 e. The van der Waals surface area contributed by atoms with Gasteiger partial charge < -0.3 is 4.42 Å². The summed E-state index contributed by atoms with van der Waals surface area (Å²) in [6.07, 6.45) is -4.46. The van der Waals surface area contributed by atoms with Gasteiger partial charge in [0.05, 0.1) is 11.3 Å². The first-order valence-electron chi connectivity index (χ1n) is 11.4. The van der Waals surface area contributed by atoms with Crippen LogP contribution in [0, 0.1) is 18.6 Å². The highest BCUT2D eigenvalue weighted by atomic mass is 32.2. The first-order valence-corrected chi connectivity index (χ1v) is 13.4. The molecule has 0 aliphatic carbocycles. The Morgan fingerprint density at radius 1 is 0.923 bits per heavy atom. The SMILES string of the molecule is CC(=O)OOc1ccc(SCc2cc(-c3ccc(C(F)(F)F)cc3)oc2CSc2ccc(F)cc2F)cc1C. The van der Waals surface area contributed by atoms with Gasteiger partial charge >= 0.3 is 12.1 Å². The van der Waals surface area contributed by atoms with E-state index in [1.165, 1.54) is 36.9 Å². The summed E-state index contributed by atoms with van der Waals surface area (Å²) in [7, 11) is 0. The lowest BCUT2D eigenvalue weighted by Gasteiger charge is -2.08. The fourth-order valence-corrected chi connectivity index (χ4v) is 5.36. The Bertz CT molecular complexity index is 1470. The molecule has 3 aromatic carbocycles. The number of furan rings is 1. The predicted molar refractivity (Wildman–Crippen MR) is 138 cm³/mol. The van der Waals surface area contributed by atoms with Crippen LogP contribution in [0.15, 0.2) is 80.9 Å². The number of carbonyl (C=O) groups is 1. The van der Waals surface area contributed by atoms with E-state index in [4.69, 9.17) is 9.30 Å². The summed E-state index contributed by atoms with van der Waals surface area (Å²) >= 11 is 2.59. The Balaban J connectivity index is 1.56. The minimum absolute atomic E-state index is 0.216. The highest BCUT2D eigenvalue weighted by Crippen LogP contribution is 2.37. The number of rotatable bonds is 9. The molecule has 0 aliphatic heterocycles. The zero-order chi connectivity index (χ0) is 28.2. The number of alkyl halides is 3. The lowest BCUT2D eigenvalue weighted by Crippen LogP contribution is -2.03. The van der Waals surface area contributed by atoms with Crippen LogP contribution in [-0.2, 0) is 27.4 Å². The first kappa shape index (κ1) is 28.6. The fraction of sp³-hybridized carbons (Fsp3) is 0.179. The third-order valence-corrected chi connectivity index (χ3v) is 7.53. The zero-order valence-corrected chi connectivity index (χ0v) is 22.2. The Hall–Kier alpha value is -3.44. The number of hydrogen-bond donors (Lipinski definition) is 0. The van der Waals surface area contributed by atoms with Crippen molar-refractivity contribution in [3.8, 4) is 17.1 Å². The van der Waals surface area contributed by atoms with E-state index in [9.17, 15) is 26.7 Å². The van der Waals surface area contributed by atoms with E-state index in [2.05, 4.69) is 4.89 Å². The molecular formula is C28H21F5O4S2. The lowest BCUT2D eigenvalue weighted by molar-refractivity contribution is -0.211. The van der Waals surface area contributed by atoms with Crippen LogP contribution in [0.5, 0.6) is 5.75 Å². The maximum absolute atomic E-state index is 14.2. The summed E-state index contributed by atoms with van der Waals surface area (Å²) in [5, 5.41) is 0. The highest BCUT2D eigenvalue weighted by molar-refractivity contribution is 7.99. The molecule has 1 aromatic heterocycles. The van der Waals surface area contributed by atoms with Gasteiger partial charge in [-0.1, -0.05) is 12.1 Å². The van der Waals surface area contributed by atoms with E-state index in [1.807, 2.05) is 6.07 Å². The maximum atomic E-state index is 14.2. The Kier molecular flexibility index (Phi) is 8.91. The van der Waals surface area contributed by atoms with Crippen molar-refractivity contribution in [2.75, 3.05) is 0 Å². The first-order chi connectivity index (χ1) is 18.5. The Labute approximate surface area is 229 Å². The summed E-state index contributed by atoms with van der Waals surface area (Å²) < 4.78 is 72.4. The summed E-state index contributed by atoms with van der Waals surface area (Å²) in [5.74, 6) is -0.0343. The van der Waals surface area contributed by atoms with Gasteiger partial charge in [0.2, 0.25) is 0 Å². The minimum atomic E-state index is -4.46. The van der Waals surface area contributed by atoms with Crippen molar-refractivity contribution < 1.29 is 40.9 Å². The number of carbonyl (C=O) groups excluding carboxylic acids is 1. The van der Waals surface area contributed by atoms with Crippen LogP contribution in [0.4, 0.5) is 22.0 Å². The fourth-order valence-electron chi connectivity index (χ4n) is 3.48. The van der Waals surface area contributed by atoms with Crippen LogP contribution < -0.4 is 4.89 Å². The van der Waals surface area contributed by atoms with Gasteiger partial charge in [-0.15, -0.1) is 23.5 Å². The predicted octanol–water partition coefficient (Wildman–Crippen LogP) is 8.99. The average molecular weight is 581 g/mol. The van der Waals surface area contributed by atoms with Crippen molar-refractivity contribution in [3.63, 3.8) is 0 Å². The van der Waals surface area contributed by atoms with Crippen molar-refractivity contribution in [2.45, 2.75) is 41.3 Å². The minimum Gasteiger partial charge on any atom is -0.460 e. The second kappa shape index (κ2) is 12.2. The van der Waals surface area contributed by atoms with E-state index in [-0.39, 0.29) is 10.6 Å². The van der Waals surface area contributed by atoms with E-state index in [0.29, 0.717) is 28.6 Å². The molecule has 1 heterocycles. The number of halogens is 5. The molecule has 0 saturated heterocycles. The van der Waals surface area contributed by atoms with Gasteiger partial charge in [-0.2, -0.15) is 13.2 Å². The Morgan fingerprint density at radius 3 is 2.31 bits per heavy atom. The van der Waals surface area contributed by atoms with Gasteiger partial charge in [-0.3, -0.25) is 9.78 Å². The third-order valence-electron chi connectivity index (χ3n) is 5.44. The van der Waals surface area contributed by atoms with Gasteiger partial charge in [-0.25, -0.2) is 13.6 Å². The van der Waals surface area contributed by atoms with Gasteiger partial charge in [0, 0.05) is 39.7 Å². The summed E-state index contributed by atoms with van der Waals surface area (Å²) in [5.41, 5.74) is 1.19. The normalized spacial score (nSPS) is 11.5. The zero-order valence-electron chi connectivity index (χ0n) is 20.6. The average Bonchev–Trinajstić information content (AvgIpc) is 3.29. The van der Waals surface area contributed by atoms with Crippen molar-refractivity contribution in [1.29, 1.82) is 0 Å². The Morgan fingerprint density at radius 2 is 1.67 bits per heavy atom. The molecule has 0 unspecified atom stereocenters. The van der Waals surface area contributed by atoms with Crippen molar-refractivity contribution in [1.82, 2.24) is 0 Å². The number of hydrogen-bond acceptors (Lipinski definition) is 6. The standard InChI is InChI=1S/C28H21F5O4S2/c1-16-11-22(8-9-24(16)37-36-17(2)34)38-14-19-12-25(18-3-5-20(6-4-18)28(31,32)33)35-26(19)15-39-27-10-7-21(29)13-23(27)30/h3-13H,14-15H2,1-2H3. The topological polar surface area (TPSA) is 48.7 Å². The monoisotopic (exact) mass is 580 g/mol. The van der Waals surface area contributed by atoms with Gasteiger partial charge in [0.1, 0.15) is 23.2 Å². The molecular weight excluding hydrogens is 559 g/mol. The second-order valence-electron chi connectivity index (χ2n) is 8.37. The summed E-state index contributed by atoms with van der Waals surface area (Å²) in [6, 6.07) is 15.0. The quantitative estimate of drug-likeness (QED) is 0.0852.